The number of aryl methyl sites for hydroxylation is 1. The number of aldehydes is 1. The highest BCUT2D eigenvalue weighted by molar-refractivity contribution is 5.77. The van der Waals surface area contributed by atoms with Crippen LogP contribution < -0.4 is 0 Å². The fourth-order valence-corrected chi connectivity index (χ4v) is 3.72. The molecular weight excluding hydrogens is 348 g/mol. The van der Waals surface area contributed by atoms with Crippen LogP contribution in [0.4, 0.5) is 0 Å². The highest BCUT2D eigenvalue weighted by atomic mass is 16.7. The minimum Gasteiger partial charge on any atom is -0.353 e. The average molecular weight is 391 g/mol. The van der Waals surface area contributed by atoms with E-state index in [4.69, 9.17) is 9.47 Å². The lowest BCUT2D eigenvalue weighted by atomic mass is 9.78. The second-order valence-corrected chi connectivity index (χ2v) is 7.21. The van der Waals surface area contributed by atoms with Gasteiger partial charge in [-0.25, -0.2) is 0 Å². The highest BCUT2D eigenvalue weighted by Crippen LogP contribution is 2.32. The summed E-state index contributed by atoms with van der Waals surface area (Å²) in [5.74, 6) is 1.71. The normalized spacial score (nSPS) is 15.0. The summed E-state index contributed by atoms with van der Waals surface area (Å²) in [5.41, 5.74) is 2.09. The first-order valence-corrected chi connectivity index (χ1v) is 10.9. The van der Waals surface area contributed by atoms with Gasteiger partial charge in [0, 0.05) is 18.8 Å². The van der Waals surface area contributed by atoms with E-state index in [2.05, 4.69) is 26.1 Å². The monoisotopic (exact) mass is 390 g/mol. The molecular formula is C25H42O3. The van der Waals surface area contributed by atoms with Crippen LogP contribution in [0.15, 0.2) is 37.4 Å². The van der Waals surface area contributed by atoms with Gasteiger partial charge in [0.15, 0.2) is 6.29 Å². The fraction of sp³-hybridized carbons (Fsp3) is 0.640. The first-order chi connectivity index (χ1) is 13.6. The Kier molecular flexibility index (Phi) is 16.7. The summed E-state index contributed by atoms with van der Waals surface area (Å²) < 4.78 is 10.1. The van der Waals surface area contributed by atoms with Gasteiger partial charge >= 0.3 is 0 Å². The standard InChI is InChI=1S/C17H24O.C6H14O2.C2H4/c1-14(15-7-3-2-4-8-15)11-12-16-9-5-6-10-17(16)13-18;1-4-7-6(3)8-5-2;1-2/h5-6,9-10,13-15H,2-4,7-8,11-12H2,1H3;6H,4-5H2,1-3H3;1-2H2. The van der Waals surface area contributed by atoms with Gasteiger partial charge in [-0.15, -0.1) is 13.2 Å². The molecule has 3 heteroatoms. The summed E-state index contributed by atoms with van der Waals surface area (Å²) in [6.07, 6.45) is 10.3. The minimum atomic E-state index is -0.0370. The van der Waals surface area contributed by atoms with Gasteiger partial charge in [-0.1, -0.05) is 63.3 Å². The molecule has 0 spiro atoms. The van der Waals surface area contributed by atoms with E-state index in [1.165, 1.54) is 44.1 Å². The zero-order valence-corrected chi connectivity index (χ0v) is 18.6. The van der Waals surface area contributed by atoms with Gasteiger partial charge in [0.05, 0.1) is 0 Å². The third kappa shape index (κ3) is 11.4. The van der Waals surface area contributed by atoms with Crippen LogP contribution in [0, 0.1) is 11.8 Å². The van der Waals surface area contributed by atoms with Crippen LogP contribution in [0.25, 0.3) is 0 Å². The number of benzene rings is 1. The Balaban J connectivity index is 0.000000618. The number of hydrogen-bond acceptors (Lipinski definition) is 3. The fourth-order valence-electron chi connectivity index (χ4n) is 3.72. The topological polar surface area (TPSA) is 35.5 Å². The minimum absolute atomic E-state index is 0.0370. The summed E-state index contributed by atoms with van der Waals surface area (Å²) in [4.78, 5) is 11.0. The van der Waals surface area contributed by atoms with Gasteiger partial charge in [0.2, 0.25) is 0 Å². The predicted octanol–water partition coefficient (Wildman–Crippen LogP) is 6.86. The molecule has 1 unspecified atom stereocenters. The highest BCUT2D eigenvalue weighted by Gasteiger charge is 2.19. The van der Waals surface area contributed by atoms with Crippen LogP contribution in [0.1, 0.15) is 82.1 Å². The van der Waals surface area contributed by atoms with E-state index < -0.39 is 0 Å². The summed E-state index contributed by atoms with van der Waals surface area (Å²) in [6, 6.07) is 8.00. The Morgan fingerprint density at radius 3 is 2.14 bits per heavy atom. The van der Waals surface area contributed by atoms with Gasteiger partial charge in [0.1, 0.15) is 6.29 Å². The van der Waals surface area contributed by atoms with Crippen LogP contribution in [0.2, 0.25) is 0 Å². The Hall–Kier alpha value is -1.45. The number of hydrogen-bond donors (Lipinski definition) is 0. The molecule has 28 heavy (non-hydrogen) atoms. The van der Waals surface area contributed by atoms with E-state index in [1.54, 1.807) is 0 Å². The summed E-state index contributed by atoms with van der Waals surface area (Å²) >= 11 is 0. The first-order valence-electron chi connectivity index (χ1n) is 10.9. The lowest BCUT2D eigenvalue weighted by Gasteiger charge is -2.27. The van der Waals surface area contributed by atoms with Crippen molar-refractivity contribution >= 4 is 6.29 Å². The number of ether oxygens (including phenoxy) is 2. The van der Waals surface area contributed by atoms with Crippen molar-refractivity contribution < 1.29 is 14.3 Å². The van der Waals surface area contributed by atoms with Crippen LogP contribution >= 0.6 is 0 Å². The van der Waals surface area contributed by atoms with E-state index in [1.807, 2.05) is 39.0 Å². The second-order valence-electron chi connectivity index (χ2n) is 7.21. The van der Waals surface area contributed by atoms with Crippen molar-refractivity contribution in [2.75, 3.05) is 13.2 Å². The lowest BCUT2D eigenvalue weighted by molar-refractivity contribution is -0.123. The molecule has 1 aliphatic carbocycles. The van der Waals surface area contributed by atoms with Crippen LogP contribution in [0.3, 0.4) is 0 Å². The molecule has 1 atom stereocenters. The molecule has 0 bridgehead atoms. The second kappa shape index (κ2) is 17.6. The van der Waals surface area contributed by atoms with E-state index in [0.717, 1.165) is 43.3 Å². The van der Waals surface area contributed by atoms with Gasteiger partial charge in [-0.2, -0.15) is 0 Å². The summed E-state index contributed by atoms with van der Waals surface area (Å²) in [5, 5.41) is 0. The van der Waals surface area contributed by atoms with E-state index in [9.17, 15) is 4.79 Å². The van der Waals surface area contributed by atoms with Crippen molar-refractivity contribution in [2.24, 2.45) is 11.8 Å². The molecule has 0 N–H and O–H groups in total. The smallest absolute Gasteiger partial charge is 0.154 e. The largest absolute Gasteiger partial charge is 0.353 e. The van der Waals surface area contributed by atoms with Crippen LogP contribution in [-0.4, -0.2) is 25.8 Å². The molecule has 0 radical (unpaired) electrons. The van der Waals surface area contributed by atoms with E-state index in [-0.39, 0.29) is 6.29 Å². The van der Waals surface area contributed by atoms with E-state index in [0.29, 0.717) is 0 Å². The molecule has 1 aliphatic rings. The molecule has 3 nitrogen and oxygen atoms in total. The Morgan fingerprint density at radius 1 is 1.04 bits per heavy atom. The third-order valence-corrected chi connectivity index (χ3v) is 5.31. The predicted molar refractivity (Wildman–Crippen MR) is 120 cm³/mol. The van der Waals surface area contributed by atoms with Crippen molar-refractivity contribution in [3.63, 3.8) is 0 Å². The number of rotatable bonds is 9. The molecule has 0 saturated heterocycles. The van der Waals surface area contributed by atoms with Crippen molar-refractivity contribution in [1.82, 2.24) is 0 Å². The first kappa shape index (κ1) is 26.6. The quantitative estimate of drug-likeness (QED) is 0.262. The zero-order chi connectivity index (χ0) is 21.2. The Morgan fingerprint density at radius 2 is 1.61 bits per heavy atom. The van der Waals surface area contributed by atoms with Crippen LogP contribution in [0.5, 0.6) is 0 Å². The van der Waals surface area contributed by atoms with Crippen LogP contribution in [-0.2, 0) is 15.9 Å². The molecule has 1 aromatic carbocycles. The summed E-state index contributed by atoms with van der Waals surface area (Å²) in [6.45, 7) is 15.6. The molecule has 0 heterocycles. The van der Waals surface area contributed by atoms with Crippen molar-refractivity contribution in [2.45, 2.75) is 78.9 Å². The lowest BCUT2D eigenvalue weighted by Crippen LogP contribution is -2.16. The Bertz CT molecular complexity index is 488. The molecule has 0 aromatic heterocycles. The molecule has 1 fully saturated rings. The van der Waals surface area contributed by atoms with Crippen molar-refractivity contribution in [3.05, 3.63) is 48.6 Å². The van der Waals surface area contributed by atoms with Crippen molar-refractivity contribution in [1.29, 1.82) is 0 Å². The SMILES string of the molecule is C=C.CC(CCc1ccccc1C=O)C1CCCCC1.CCOC(C)OCC. The maximum Gasteiger partial charge on any atom is 0.154 e. The summed E-state index contributed by atoms with van der Waals surface area (Å²) in [7, 11) is 0. The van der Waals surface area contributed by atoms with Crippen molar-refractivity contribution in [3.8, 4) is 0 Å². The molecule has 0 aliphatic heterocycles. The third-order valence-electron chi connectivity index (χ3n) is 5.31. The van der Waals surface area contributed by atoms with Gasteiger partial charge in [-0.3, -0.25) is 4.79 Å². The molecule has 1 saturated carbocycles. The number of carbonyl (C=O) groups is 1. The molecule has 1 aromatic rings. The van der Waals surface area contributed by atoms with Gasteiger partial charge in [-0.05, 0) is 51.0 Å². The molecule has 160 valence electrons. The van der Waals surface area contributed by atoms with E-state index >= 15 is 0 Å². The molecule has 2 rings (SSSR count). The number of carbonyl (C=O) groups excluding carboxylic acids is 1. The Labute approximate surface area is 173 Å². The maximum atomic E-state index is 11.0. The van der Waals surface area contributed by atoms with Gasteiger partial charge in [0.25, 0.3) is 0 Å². The average Bonchev–Trinajstić information content (AvgIpc) is 2.75. The maximum absolute atomic E-state index is 11.0. The molecule has 0 amide bonds. The van der Waals surface area contributed by atoms with Gasteiger partial charge < -0.3 is 9.47 Å². The zero-order valence-electron chi connectivity index (χ0n) is 18.6.